The molecule has 0 amide bonds. The van der Waals surface area contributed by atoms with Gasteiger partial charge in [-0.1, -0.05) is 5.16 Å². The van der Waals surface area contributed by atoms with Gasteiger partial charge in [0.15, 0.2) is 0 Å². The summed E-state index contributed by atoms with van der Waals surface area (Å²) in [4.78, 5) is 6.52. The second-order valence-electron chi connectivity index (χ2n) is 4.65. The van der Waals surface area contributed by atoms with Crippen LogP contribution in [0.4, 0.5) is 5.82 Å². The normalized spacial score (nSPS) is 20.8. The van der Waals surface area contributed by atoms with E-state index in [0.29, 0.717) is 29.7 Å². The molecule has 0 radical (unpaired) electrons. The van der Waals surface area contributed by atoms with Crippen molar-refractivity contribution in [3.05, 3.63) is 12.0 Å². The van der Waals surface area contributed by atoms with E-state index in [0.717, 1.165) is 13.1 Å². The Hall–Kier alpha value is -1.93. The van der Waals surface area contributed by atoms with Crippen molar-refractivity contribution in [1.29, 1.82) is 0 Å². The molecule has 1 aliphatic heterocycles. The van der Waals surface area contributed by atoms with Gasteiger partial charge in [0.05, 0.1) is 12.8 Å². The van der Waals surface area contributed by atoms with Crippen LogP contribution in [-0.4, -0.2) is 51.6 Å². The molecular formula is C11H16N6O2. The molecule has 3 rings (SSSR count). The summed E-state index contributed by atoms with van der Waals surface area (Å²) in [6.45, 7) is 2.33. The van der Waals surface area contributed by atoms with E-state index in [4.69, 9.17) is 15.0 Å². The first kappa shape index (κ1) is 12.1. The number of nitrogens with two attached hydrogens (primary N) is 1. The number of hydrogen-bond donors (Lipinski definition) is 1. The lowest BCUT2D eigenvalue weighted by atomic mass is 10.2. The van der Waals surface area contributed by atoms with Crippen LogP contribution in [0.1, 0.15) is 11.9 Å². The Morgan fingerprint density at radius 3 is 2.95 bits per heavy atom. The molecule has 1 unspecified atom stereocenters. The first-order valence-corrected chi connectivity index (χ1v) is 6.06. The van der Waals surface area contributed by atoms with Crippen molar-refractivity contribution in [3.63, 3.8) is 0 Å². The van der Waals surface area contributed by atoms with Crippen molar-refractivity contribution in [3.8, 4) is 11.5 Å². The van der Waals surface area contributed by atoms with Gasteiger partial charge in [0, 0.05) is 20.1 Å². The molecule has 1 saturated heterocycles. The summed E-state index contributed by atoms with van der Waals surface area (Å²) in [6, 6.07) is 0. The van der Waals surface area contributed by atoms with Crippen molar-refractivity contribution in [2.45, 2.75) is 6.10 Å². The third-order valence-electron chi connectivity index (χ3n) is 3.21. The number of likely N-dealkylation sites (N-methyl/N-ethyl adjacent to an activating group) is 1. The number of morpholine rings is 1. The molecular weight excluding hydrogens is 248 g/mol. The van der Waals surface area contributed by atoms with Crippen molar-refractivity contribution in [2.75, 3.05) is 32.5 Å². The van der Waals surface area contributed by atoms with Gasteiger partial charge in [-0.2, -0.15) is 10.1 Å². The number of rotatable bonds is 2. The zero-order valence-electron chi connectivity index (χ0n) is 10.9. The maximum atomic E-state index is 5.88. The summed E-state index contributed by atoms with van der Waals surface area (Å²) in [5, 5.41) is 8.02. The van der Waals surface area contributed by atoms with Crippen molar-refractivity contribution < 1.29 is 9.26 Å². The minimum Gasteiger partial charge on any atom is -0.383 e. The van der Waals surface area contributed by atoms with Crippen LogP contribution < -0.4 is 5.73 Å². The molecule has 102 valence electrons. The van der Waals surface area contributed by atoms with Crippen LogP contribution in [0.15, 0.2) is 10.7 Å². The van der Waals surface area contributed by atoms with Gasteiger partial charge in [0.25, 0.3) is 5.89 Å². The SMILES string of the molecule is CN1CCOC(c2noc(-c3cnn(C)c3N)n2)C1. The largest absolute Gasteiger partial charge is 0.383 e. The van der Waals surface area contributed by atoms with Crippen LogP contribution in [0.25, 0.3) is 11.5 Å². The van der Waals surface area contributed by atoms with E-state index in [9.17, 15) is 0 Å². The fraction of sp³-hybridized carbons (Fsp3) is 0.545. The number of anilines is 1. The molecule has 1 aliphatic rings. The number of aromatic nitrogens is 4. The van der Waals surface area contributed by atoms with E-state index in [2.05, 4.69) is 20.1 Å². The minimum atomic E-state index is -0.158. The molecule has 0 spiro atoms. The van der Waals surface area contributed by atoms with E-state index < -0.39 is 0 Å². The van der Waals surface area contributed by atoms with Crippen molar-refractivity contribution in [1.82, 2.24) is 24.8 Å². The fourth-order valence-corrected chi connectivity index (χ4v) is 2.02. The summed E-state index contributed by atoms with van der Waals surface area (Å²) < 4.78 is 12.4. The van der Waals surface area contributed by atoms with Crippen LogP contribution in [0.3, 0.4) is 0 Å². The summed E-state index contributed by atoms with van der Waals surface area (Å²) >= 11 is 0. The third kappa shape index (κ3) is 2.20. The highest BCUT2D eigenvalue weighted by Gasteiger charge is 2.25. The first-order valence-electron chi connectivity index (χ1n) is 6.06. The van der Waals surface area contributed by atoms with Gasteiger partial charge >= 0.3 is 0 Å². The van der Waals surface area contributed by atoms with Crippen LogP contribution in [-0.2, 0) is 11.8 Å². The molecule has 19 heavy (non-hydrogen) atoms. The maximum absolute atomic E-state index is 5.88. The molecule has 2 aromatic rings. The lowest BCUT2D eigenvalue weighted by Crippen LogP contribution is -2.35. The summed E-state index contributed by atoms with van der Waals surface area (Å²) in [7, 11) is 3.80. The van der Waals surface area contributed by atoms with Crippen LogP contribution in [0.2, 0.25) is 0 Å². The standard InChI is InChI=1S/C11H16N6O2/c1-16-3-4-18-8(6-16)10-14-11(19-15-10)7-5-13-17(2)9(7)12/h5,8H,3-4,6,12H2,1-2H3. The van der Waals surface area contributed by atoms with Gasteiger partial charge in [0.1, 0.15) is 17.5 Å². The predicted molar refractivity (Wildman–Crippen MR) is 67.1 cm³/mol. The van der Waals surface area contributed by atoms with Gasteiger partial charge in [-0.15, -0.1) is 0 Å². The zero-order chi connectivity index (χ0) is 13.4. The van der Waals surface area contributed by atoms with Gasteiger partial charge in [-0.25, -0.2) is 0 Å². The molecule has 8 heteroatoms. The third-order valence-corrected chi connectivity index (χ3v) is 3.21. The predicted octanol–water partition coefficient (Wildman–Crippen LogP) is 0.0554. The van der Waals surface area contributed by atoms with E-state index in [1.165, 1.54) is 0 Å². The highest BCUT2D eigenvalue weighted by molar-refractivity contribution is 5.66. The molecule has 8 nitrogen and oxygen atoms in total. The second-order valence-corrected chi connectivity index (χ2v) is 4.65. The van der Waals surface area contributed by atoms with Crippen molar-refractivity contribution >= 4 is 5.82 Å². The van der Waals surface area contributed by atoms with E-state index in [-0.39, 0.29) is 6.10 Å². The molecule has 1 fully saturated rings. The molecule has 0 bridgehead atoms. The Morgan fingerprint density at radius 1 is 1.42 bits per heavy atom. The maximum Gasteiger partial charge on any atom is 0.263 e. The van der Waals surface area contributed by atoms with E-state index in [1.807, 2.05) is 7.05 Å². The van der Waals surface area contributed by atoms with Crippen LogP contribution in [0, 0.1) is 0 Å². The highest BCUT2D eigenvalue weighted by Crippen LogP contribution is 2.26. The van der Waals surface area contributed by atoms with Crippen LogP contribution >= 0.6 is 0 Å². The molecule has 2 aromatic heterocycles. The number of hydrogen-bond acceptors (Lipinski definition) is 7. The number of ether oxygens (including phenoxy) is 1. The quantitative estimate of drug-likeness (QED) is 0.819. The lowest BCUT2D eigenvalue weighted by molar-refractivity contribution is -0.0264. The molecule has 0 aromatic carbocycles. The van der Waals surface area contributed by atoms with Gasteiger partial charge in [0.2, 0.25) is 5.82 Å². The topological polar surface area (TPSA) is 95.2 Å². The molecule has 0 aliphatic carbocycles. The van der Waals surface area contributed by atoms with Crippen LogP contribution in [0.5, 0.6) is 0 Å². The Kier molecular flexibility index (Phi) is 2.96. The average Bonchev–Trinajstić information content (AvgIpc) is 2.98. The Bertz CT molecular complexity index is 578. The fourth-order valence-electron chi connectivity index (χ4n) is 2.02. The first-order chi connectivity index (χ1) is 9.15. The second kappa shape index (κ2) is 4.63. The zero-order valence-corrected chi connectivity index (χ0v) is 10.9. The number of nitrogen functional groups attached to an aromatic ring is 1. The van der Waals surface area contributed by atoms with E-state index >= 15 is 0 Å². The summed E-state index contributed by atoms with van der Waals surface area (Å²) in [5.41, 5.74) is 6.52. The molecule has 0 saturated carbocycles. The average molecular weight is 264 g/mol. The van der Waals surface area contributed by atoms with E-state index in [1.54, 1.807) is 17.9 Å². The Morgan fingerprint density at radius 2 is 2.26 bits per heavy atom. The summed E-state index contributed by atoms with van der Waals surface area (Å²) in [6.07, 6.45) is 1.45. The molecule has 3 heterocycles. The highest BCUT2D eigenvalue weighted by atomic mass is 16.5. The minimum absolute atomic E-state index is 0.158. The lowest BCUT2D eigenvalue weighted by Gasteiger charge is -2.27. The van der Waals surface area contributed by atoms with Gasteiger partial charge in [-0.3, -0.25) is 4.68 Å². The monoisotopic (exact) mass is 264 g/mol. The van der Waals surface area contributed by atoms with Gasteiger partial charge < -0.3 is 19.9 Å². The van der Waals surface area contributed by atoms with Gasteiger partial charge in [-0.05, 0) is 7.05 Å². The number of nitrogens with zero attached hydrogens (tertiary/aromatic N) is 5. The Balaban J connectivity index is 1.85. The molecule has 2 N–H and O–H groups in total. The summed E-state index contributed by atoms with van der Waals surface area (Å²) in [5.74, 6) is 1.42. The number of aryl methyl sites for hydroxylation is 1. The Labute approximate surface area is 110 Å². The smallest absolute Gasteiger partial charge is 0.263 e. The van der Waals surface area contributed by atoms with Crippen molar-refractivity contribution in [2.24, 2.45) is 7.05 Å². The molecule has 1 atom stereocenters.